The van der Waals surface area contributed by atoms with Gasteiger partial charge >= 0.3 is 0 Å². The standard InChI is InChI=1S/C32H40FN3O3S/c1-3-4-20-39-29-13-9-27(10-14-29)32(38)35(19-18-34-16-5-6-17-34)24-31(37)36(23-30-25(2)15-21-40-30)22-26-7-11-28(33)12-8-26/h7-15,21H,3-6,16-20,22-24H2,1-2H3. The first kappa shape index (κ1) is 29.7. The predicted molar refractivity (Wildman–Crippen MR) is 158 cm³/mol. The summed E-state index contributed by atoms with van der Waals surface area (Å²) in [5.74, 6) is 0.130. The fraction of sp³-hybridized carbons (Fsp3) is 0.438. The van der Waals surface area contributed by atoms with E-state index < -0.39 is 0 Å². The molecule has 2 amide bonds. The maximum absolute atomic E-state index is 13.8. The molecule has 1 aromatic heterocycles. The molecule has 0 bridgehead atoms. The normalized spacial score (nSPS) is 13.4. The van der Waals surface area contributed by atoms with E-state index in [1.54, 1.807) is 45.4 Å². The maximum Gasteiger partial charge on any atom is 0.254 e. The van der Waals surface area contributed by atoms with Crippen LogP contribution in [0.3, 0.4) is 0 Å². The molecule has 40 heavy (non-hydrogen) atoms. The van der Waals surface area contributed by atoms with Crippen LogP contribution in [0, 0.1) is 12.7 Å². The van der Waals surface area contributed by atoms with Gasteiger partial charge in [0, 0.05) is 30.1 Å². The lowest BCUT2D eigenvalue weighted by Crippen LogP contribution is -2.45. The molecular formula is C32H40FN3O3S. The first-order chi connectivity index (χ1) is 19.4. The van der Waals surface area contributed by atoms with Crippen molar-refractivity contribution in [1.29, 1.82) is 0 Å². The summed E-state index contributed by atoms with van der Waals surface area (Å²) in [5.41, 5.74) is 2.51. The van der Waals surface area contributed by atoms with E-state index in [4.69, 9.17) is 4.74 Å². The van der Waals surface area contributed by atoms with Crippen LogP contribution in [0.15, 0.2) is 60.0 Å². The zero-order valence-corrected chi connectivity index (χ0v) is 24.4. The van der Waals surface area contributed by atoms with Crippen molar-refractivity contribution in [3.05, 3.63) is 87.4 Å². The van der Waals surface area contributed by atoms with Gasteiger partial charge in [0.1, 0.15) is 18.1 Å². The summed E-state index contributed by atoms with van der Waals surface area (Å²) >= 11 is 1.61. The van der Waals surface area contributed by atoms with E-state index in [-0.39, 0.29) is 24.2 Å². The number of rotatable bonds is 14. The third-order valence-electron chi connectivity index (χ3n) is 7.31. The van der Waals surface area contributed by atoms with Gasteiger partial charge < -0.3 is 19.4 Å². The lowest BCUT2D eigenvalue weighted by molar-refractivity contribution is -0.133. The van der Waals surface area contributed by atoms with Crippen LogP contribution in [0.4, 0.5) is 4.39 Å². The van der Waals surface area contributed by atoms with Crippen LogP contribution in [-0.4, -0.2) is 65.8 Å². The first-order valence-electron chi connectivity index (χ1n) is 14.2. The topological polar surface area (TPSA) is 53.1 Å². The molecule has 1 saturated heterocycles. The van der Waals surface area contributed by atoms with E-state index in [0.29, 0.717) is 31.8 Å². The van der Waals surface area contributed by atoms with Gasteiger partial charge in [0.15, 0.2) is 0 Å². The van der Waals surface area contributed by atoms with E-state index in [1.165, 1.54) is 12.1 Å². The van der Waals surface area contributed by atoms with Gasteiger partial charge in [-0.25, -0.2) is 4.39 Å². The minimum absolute atomic E-state index is 0.0208. The Labute approximate surface area is 241 Å². The van der Waals surface area contributed by atoms with Gasteiger partial charge in [-0.3, -0.25) is 9.59 Å². The van der Waals surface area contributed by atoms with E-state index in [0.717, 1.165) is 67.1 Å². The van der Waals surface area contributed by atoms with E-state index in [9.17, 15) is 14.0 Å². The molecule has 0 saturated carbocycles. The van der Waals surface area contributed by atoms with Crippen LogP contribution < -0.4 is 4.74 Å². The molecule has 0 N–H and O–H groups in total. The van der Waals surface area contributed by atoms with E-state index in [2.05, 4.69) is 11.8 Å². The SMILES string of the molecule is CCCCOc1ccc(C(=O)N(CCN2CCCC2)CC(=O)N(Cc2ccc(F)cc2)Cc2sccc2C)cc1. The summed E-state index contributed by atoms with van der Waals surface area (Å²) in [4.78, 5) is 34.4. The molecule has 2 heterocycles. The predicted octanol–water partition coefficient (Wildman–Crippen LogP) is 6.14. The third kappa shape index (κ3) is 8.63. The highest BCUT2D eigenvalue weighted by Gasteiger charge is 2.25. The van der Waals surface area contributed by atoms with Gasteiger partial charge in [0.2, 0.25) is 5.91 Å². The van der Waals surface area contributed by atoms with Crippen molar-refractivity contribution in [3.8, 4) is 5.75 Å². The van der Waals surface area contributed by atoms with Gasteiger partial charge in [-0.15, -0.1) is 11.3 Å². The van der Waals surface area contributed by atoms with Crippen LogP contribution in [0.5, 0.6) is 5.75 Å². The molecule has 0 spiro atoms. The zero-order valence-electron chi connectivity index (χ0n) is 23.6. The minimum Gasteiger partial charge on any atom is -0.494 e. The number of amides is 2. The number of hydrogen-bond donors (Lipinski definition) is 0. The van der Waals surface area contributed by atoms with Gasteiger partial charge in [0.25, 0.3) is 5.91 Å². The van der Waals surface area contributed by atoms with Gasteiger partial charge in [0.05, 0.1) is 13.2 Å². The van der Waals surface area contributed by atoms with Crippen LogP contribution in [0.25, 0.3) is 0 Å². The molecular weight excluding hydrogens is 525 g/mol. The molecule has 2 aromatic carbocycles. The lowest BCUT2D eigenvalue weighted by Gasteiger charge is -2.29. The quantitative estimate of drug-likeness (QED) is 0.220. The molecule has 8 heteroatoms. The number of carbonyl (C=O) groups excluding carboxylic acids is 2. The van der Waals surface area contributed by atoms with Crippen molar-refractivity contribution < 1.29 is 18.7 Å². The Bertz CT molecular complexity index is 1220. The molecule has 214 valence electrons. The fourth-order valence-corrected chi connectivity index (χ4v) is 5.70. The highest BCUT2D eigenvalue weighted by molar-refractivity contribution is 7.10. The summed E-state index contributed by atoms with van der Waals surface area (Å²) in [7, 11) is 0. The Morgan fingerprint density at radius 2 is 1.70 bits per heavy atom. The second-order valence-corrected chi connectivity index (χ2v) is 11.4. The van der Waals surface area contributed by atoms with E-state index >= 15 is 0 Å². The van der Waals surface area contributed by atoms with Crippen LogP contribution in [-0.2, 0) is 17.9 Å². The van der Waals surface area contributed by atoms with Crippen molar-refractivity contribution in [2.45, 2.75) is 52.6 Å². The number of nitrogens with zero attached hydrogens (tertiary/aromatic N) is 3. The van der Waals surface area contributed by atoms with Crippen LogP contribution in [0.1, 0.15) is 59.0 Å². The molecule has 0 unspecified atom stereocenters. The molecule has 4 rings (SSSR count). The Balaban J connectivity index is 1.51. The highest BCUT2D eigenvalue weighted by atomic mass is 32.1. The van der Waals surface area contributed by atoms with Crippen LogP contribution >= 0.6 is 11.3 Å². The second-order valence-electron chi connectivity index (χ2n) is 10.4. The third-order valence-corrected chi connectivity index (χ3v) is 8.32. The largest absolute Gasteiger partial charge is 0.494 e. The van der Waals surface area contributed by atoms with E-state index in [1.807, 2.05) is 30.5 Å². The van der Waals surface area contributed by atoms with Crippen LogP contribution in [0.2, 0.25) is 0 Å². The highest BCUT2D eigenvalue weighted by Crippen LogP contribution is 2.21. The minimum atomic E-state index is -0.309. The number of aryl methyl sites for hydroxylation is 1. The zero-order chi connectivity index (χ0) is 28.3. The summed E-state index contributed by atoms with van der Waals surface area (Å²) in [6.45, 7) is 8.82. The van der Waals surface area contributed by atoms with Crippen molar-refractivity contribution in [3.63, 3.8) is 0 Å². The molecule has 0 radical (unpaired) electrons. The van der Waals surface area contributed by atoms with Crippen molar-refractivity contribution in [1.82, 2.24) is 14.7 Å². The summed E-state index contributed by atoms with van der Waals surface area (Å²) < 4.78 is 19.3. The van der Waals surface area contributed by atoms with Gasteiger partial charge in [-0.05, 0) is 98.2 Å². The molecule has 1 aliphatic rings. The number of unbranched alkanes of at least 4 members (excludes halogenated alkanes) is 1. The Kier molecular flexibility index (Phi) is 11.1. The smallest absolute Gasteiger partial charge is 0.254 e. The van der Waals surface area contributed by atoms with Gasteiger partial charge in [-0.2, -0.15) is 0 Å². The van der Waals surface area contributed by atoms with Crippen molar-refractivity contribution >= 4 is 23.2 Å². The number of likely N-dealkylation sites (tertiary alicyclic amines) is 1. The molecule has 1 fully saturated rings. The summed E-state index contributed by atoms with van der Waals surface area (Å²) in [5, 5.41) is 2.02. The van der Waals surface area contributed by atoms with Crippen molar-refractivity contribution in [2.24, 2.45) is 0 Å². The second kappa shape index (κ2) is 15.0. The molecule has 1 aliphatic heterocycles. The summed E-state index contributed by atoms with van der Waals surface area (Å²) in [6.07, 6.45) is 4.36. The number of halogens is 1. The number of hydrogen-bond acceptors (Lipinski definition) is 5. The molecule has 3 aromatic rings. The summed E-state index contributed by atoms with van der Waals surface area (Å²) in [6, 6.07) is 15.5. The molecule has 0 aliphatic carbocycles. The Hall–Kier alpha value is -3.23. The number of carbonyl (C=O) groups is 2. The molecule has 0 atom stereocenters. The monoisotopic (exact) mass is 565 g/mol. The average molecular weight is 566 g/mol. The number of benzene rings is 2. The maximum atomic E-state index is 13.8. The average Bonchev–Trinajstić information content (AvgIpc) is 3.63. The first-order valence-corrected chi connectivity index (χ1v) is 15.1. The molecule has 6 nitrogen and oxygen atoms in total. The van der Waals surface area contributed by atoms with Gasteiger partial charge in [-0.1, -0.05) is 25.5 Å². The van der Waals surface area contributed by atoms with Crippen molar-refractivity contribution in [2.75, 3.05) is 39.3 Å². The number of thiophene rings is 1. The lowest BCUT2D eigenvalue weighted by atomic mass is 10.1. The fourth-order valence-electron chi connectivity index (χ4n) is 4.78. The Morgan fingerprint density at radius 1 is 0.975 bits per heavy atom. The Morgan fingerprint density at radius 3 is 2.35 bits per heavy atom. The number of ether oxygens (including phenoxy) is 1.